The van der Waals surface area contributed by atoms with E-state index in [0.29, 0.717) is 6.61 Å². The van der Waals surface area contributed by atoms with E-state index in [4.69, 9.17) is 16.3 Å². The molecule has 0 N–H and O–H groups in total. The SMILES string of the molecule is Cc1cc(OCC2=NN(C)C3N=C(F)C=CC23)c(C(C)(C)C)cc1Cl. The van der Waals surface area contributed by atoms with Crippen LogP contribution < -0.4 is 4.74 Å². The highest BCUT2D eigenvalue weighted by Crippen LogP contribution is 2.36. The number of ether oxygens (including phenoxy) is 1. The van der Waals surface area contributed by atoms with Crippen LogP contribution in [0.15, 0.2) is 34.4 Å². The molecule has 1 aromatic rings. The lowest BCUT2D eigenvalue weighted by atomic mass is 9.86. The van der Waals surface area contributed by atoms with Gasteiger partial charge in [-0.3, -0.25) is 5.01 Å². The van der Waals surface area contributed by atoms with Gasteiger partial charge in [-0.05, 0) is 36.1 Å². The number of rotatable bonds is 3. The maximum atomic E-state index is 13.4. The molecule has 2 atom stereocenters. The topological polar surface area (TPSA) is 37.2 Å². The summed E-state index contributed by atoms with van der Waals surface area (Å²) in [5, 5.41) is 6.90. The molecule has 4 nitrogen and oxygen atoms in total. The second kappa shape index (κ2) is 6.45. The molecule has 2 aliphatic heterocycles. The van der Waals surface area contributed by atoms with Gasteiger partial charge in [0.2, 0.25) is 5.97 Å². The highest BCUT2D eigenvalue weighted by molar-refractivity contribution is 6.31. The number of dihydropyridines is 1. The van der Waals surface area contributed by atoms with Gasteiger partial charge in [0.1, 0.15) is 12.4 Å². The molecule has 3 rings (SSSR count). The molecule has 0 spiro atoms. The molecule has 2 aliphatic rings. The van der Waals surface area contributed by atoms with Crippen molar-refractivity contribution in [3.63, 3.8) is 0 Å². The Bertz CT molecular complexity index is 780. The molecule has 1 aromatic carbocycles. The van der Waals surface area contributed by atoms with Gasteiger partial charge in [-0.25, -0.2) is 4.99 Å². The van der Waals surface area contributed by atoms with Crippen LogP contribution in [0.5, 0.6) is 5.75 Å². The average Bonchev–Trinajstić information content (AvgIpc) is 2.83. The third-order valence-corrected chi connectivity index (χ3v) is 4.92. The Morgan fingerprint density at radius 1 is 1.32 bits per heavy atom. The summed E-state index contributed by atoms with van der Waals surface area (Å²) in [5.74, 6) is 0.280. The molecule has 0 saturated carbocycles. The molecule has 0 amide bonds. The maximum absolute atomic E-state index is 13.4. The van der Waals surface area contributed by atoms with Gasteiger partial charge in [0.15, 0.2) is 6.17 Å². The predicted octanol–water partition coefficient (Wildman–Crippen LogP) is 4.51. The Labute approximate surface area is 153 Å². The Kier molecular flexibility index (Phi) is 4.62. The highest BCUT2D eigenvalue weighted by Gasteiger charge is 2.36. The van der Waals surface area contributed by atoms with Crippen LogP contribution in [0.25, 0.3) is 0 Å². The minimum Gasteiger partial charge on any atom is -0.487 e. The number of allylic oxidation sites excluding steroid dienone is 1. The van der Waals surface area contributed by atoms with Crippen molar-refractivity contribution < 1.29 is 9.13 Å². The first-order valence-electron chi connectivity index (χ1n) is 8.32. The highest BCUT2D eigenvalue weighted by atomic mass is 35.5. The van der Waals surface area contributed by atoms with Gasteiger partial charge in [-0.2, -0.15) is 9.49 Å². The number of aryl methyl sites for hydroxylation is 1. The van der Waals surface area contributed by atoms with Crippen LogP contribution in [-0.4, -0.2) is 36.5 Å². The fourth-order valence-corrected chi connectivity index (χ4v) is 3.26. The number of halogens is 2. The number of benzene rings is 1. The molecular formula is C19H23ClFN3O. The van der Waals surface area contributed by atoms with Crippen LogP contribution in [-0.2, 0) is 5.41 Å². The van der Waals surface area contributed by atoms with Crippen molar-refractivity contribution in [2.75, 3.05) is 13.7 Å². The minimum atomic E-state index is -0.464. The number of nitrogens with zero attached hydrogens (tertiary/aromatic N) is 3. The van der Waals surface area contributed by atoms with Crippen LogP contribution in [0.2, 0.25) is 5.02 Å². The van der Waals surface area contributed by atoms with Gasteiger partial charge in [-0.1, -0.05) is 38.4 Å². The lowest BCUT2D eigenvalue weighted by molar-refractivity contribution is 0.267. The Morgan fingerprint density at radius 2 is 2.04 bits per heavy atom. The number of hydrogen-bond acceptors (Lipinski definition) is 4. The van der Waals surface area contributed by atoms with E-state index < -0.39 is 5.97 Å². The summed E-state index contributed by atoms with van der Waals surface area (Å²) in [5.41, 5.74) is 2.77. The zero-order valence-corrected chi connectivity index (χ0v) is 15.9. The summed E-state index contributed by atoms with van der Waals surface area (Å²) in [6, 6.07) is 3.94. The second-order valence-electron chi connectivity index (χ2n) is 7.55. The van der Waals surface area contributed by atoms with Crippen LogP contribution in [0, 0.1) is 12.8 Å². The van der Waals surface area contributed by atoms with E-state index in [9.17, 15) is 4.39 Å². The lowest BCUT2D eigenvalue weighted by Gasteiger charge is -2.24. The van der Waals surface area contributed by atoms with Crippen LogP contribution in [0.3, 0.4) is 0 Å². The third kappa shape index (κ3) is 3.56. The van der Waals surface area contributed by atoms with Crippen LogP contribution in [0.4, 0.5) is 4.39 Å². The summed E-state index contributed by atoms with van der Waals surface area (Å²) in [6.45, 7) is 8.66. The van der Waals surface area contributed by atoms with E-state index in [-0.39, 0.29) is 17.5 Å². The number of aliphatic imine (C=N–C) groups is 1. The number of hydrogen-bond donors (Lipinski definition) is 0. The summed E-state index contributed by atoms with van der Waals surface area (Å²) in [6.07, 6.45) is 2.87. The third-order valence-electron chi connectivity index (χ3n) is 4.52. The van der Waals surface area contributed by atoms with Crippen molar-refractivity contribution >= 4 is 23.3 Å². The fourth-order valence-electron chi connectivity index (χ4n) is 3.10. The van der Waals surface area contributed by atoms with Gasteiger partial charge in [-0.15, -0.1) is 0 Å². The zero-order chi connectivity index (χ0) is 18.4. The largest absolute Gasteiger partial charge is 0.487 e. The lowest BCUT2D eigenvalue weighted by Crippen LogP contribution is -2.32. The molecule has 134 valence electrons. The fraction of sp³-hybridized carbons (Fsp3) is 0.474. The van der Waals surface area contributed by atoms with Gasteiger partial charge < -0.3 is 4.74 Å². The van der Waals surface area contributed by atoms with E-state index in [1.807, 2.05) is 19.1 Å². The van der Waals surface area contributed by atoms with Crippen molar-refractivity contribution in [3.05, 3.63) is 40.4 Å². The normalized spacial score (nSPS) is 22.6. The zero-order valence-electron chi connectivity index (χ0n) is 15.2. The van der Waals surface area contributed by atoms with Crippen molar-refractivity contribution in [2.45, 2.75) is 39.3 Å². The molecule has 0 radical (unpaired) electrons. The van der Waals surface area contributed by atoms with Gasteiger partial charge in [0.05, 0.1) is 11.6 Å². The molecule has 2 unspecified atom stereocenters. The van der Waals surface area contributed by atoms with E-state index >= 15 is 0 Å². The van der Waals surface area contributed by atoms with Gasteiger partial charge in [0.25, 0.3) is 0 Å². The molecule has 0 bridgehead atoms. The molecular weight excluding hydrogens is 341 g/mol. The first-order chi connectivity index (χ1) is 11.7. The number of hydrazone groups is 1. The number of fused-ring (bicyclic) bond motifs is 1. The molecule has 2 heterocycles. The summed E-state index contributed by atoms with van der Waals surface area (Å²) in [4.78, 5) is 4.01. The monoisotopic (exact) mass is 363 g/mol. The van der Waals surface area contributed by atoms with E-state index in [2.05, 4.69) is 30.9 Å². The predicted molar refractivity (Wildman–Crippen MR) is 101 cm³/mol. The van der Waals surface area contributed by atoms with Crippen molar-refractivity contribution in [1.29, 1.82) is 0 Å². The summed E-state index contributed by atoms with van der Waals surface area (Å²) in [7, 11) is 1.80. The smallest absolute Gasteiger partial charge is 0.210 e. The van der Waals surface area contributed by atoms with Gasteiger partial charge in [0, 0.05) is 17.6 Å². The first kappa shape index (κ1) is 17.9. The van der Waals surface area contributed by atoms with Gasteiger partial charge >= 0.3 is 0 Å². The standard InChI is InChI=1S/C19H23ClFN3O/c1-11-8-16(13(9-14(11)20)19(2,3)4)25-10-15-12-6-7-17(21)22-18(12)24(5)23-15/h6-9,12,18H,10H2,1-5H3. The quantitative estimate of drug-likeness (QED) is 0.792. The maximum Gasteiger partial charge on any atom is 0.210 e. The Hall–Kier alpha value is -1.88. The summed E-state index contributed by atoms with van der Waals surface area (Å²) < 4.78 is 19.5. The van der Waals surface area contributed by atoms with Crippen molar-refractivity contribution in [1.82, 2.24) is 5.01 Å². The molecule has 0 aromatic heterocycles. The molecule has 0 aliphatic carbocycles. The molecule has 0 fully saturated rings. The molecule has 0 saturated heterocycles. The summed E-state index contributed by atoms with van der Waals surface area (Å²) >= 11 is 6.30. The van der Waals surface area contributed by atoms with Crippen molar-refractivity contribution in [3.8, 4) is 5.75 Å². The van der Waals surface area contributed by atoms with E-state index in [0.717, 1.165) is 27.6 Å². The first-order valence-corrected chi connectivity index (χ1v) is 8.70. The minimum absolute atomic E-state index is 0.0593. The average molecular weight is 364 g/mol. The second-order valence-corrected chi connectivity index (χ2v) is 7.96. The molecule has 25 heavy (non-hydrogen) atoms. The van der Waals surface area contributed by atoms with Crippen molar-refractivity contribution in [2.24, 2.45) is 16.0 Å². The van der Waals surface area contributed by atoms with Crippen LogP contribution in [0.1, 0.15) is 31.9 Å². The Morgan fingerprint density at radius 3 is 2.72 bits per heavy atom. The Balaban J connectivity index is 1.82. The van der Waals surface area contributed by atoms with E-state index in [1.165, 1.54) is 6.08 Å². The van der Waals surface area contributed by atoms with Crippen LogP contribution >= 0.6 is 11.6 Å². The molecule has 6 heteroatoms. The van der Waals surface area contributed by atoms with E-state index in [1.54, 1.807) is 18.1 Å².